The largest absolute Gasteiger partial charge is 0.457 e. The van der Waals surface area contributed by atoms with Crippen LogP contribution < -0.4 is 4.90 Å². The topological polar surface area (TPSA) is 70.2 Å². The Morgan fingerprint density at radius 3 is 2.92 bits per heavy atom. The van der Waals surface area contributed by atoms with E-state index in [0.717, 1.165) is 11.8 Å². The Bertz CT molecular complexity index is 995. The molecular weight excluding hydrogens is 361 g/mol. The van der Waals surface area contributed by atoms with Gasteiger partial charge in [0.1, 0.15) is 17.3 Å². The number of anilines is 1. The Morgan fingerprint density at radius 2 is 2.16 bits per heavy atom. The number of halogens is 1. The summed E-state index contributed by atoms with van der Waals surface area (Å²) >= 11 is 2.34. The van der Waals surface area contributed by atoms with Crippen LogP contribution in [0.3, 0.4) is 0 Å². The van der Waals surface area contributed by atoms with E-state index in [2.05, 4.69) is 4.98 Å². The van der Waals surface area contributed by atoms with Gasteiger partial charge in [0.05, 0.1) is 4.91 Å². The maximum atomic E-state index is 13.3. The third-order valence-electron chi connectivity index (χ3n) is 3.44. The van der Waals surface area contributed by atoms with E-state index in [1.54, 1.807) is 41.9 Å². The van der Waals surface area contributed by atoms with Crippen molar-refractivity contribution in [2.45, 2.75) is 0 Å². The number of carbonyl (C=O) groups excluding carboxylic acids is 1. The molecule has 25 heavy (non-hydrogen) atoms. The number of benzene rings is 1. The van der Waals surface area contributed by atoms with Gasteiger partial charge in [-0.15, -0.1) is 11.3 Å². The maximum absolute atomic E-state index is 13.3. The smallest absolute Gasteiger partial charge is 0.273 e. The second-order valence-corrected chi connectivity index (χ2v) is 6.99. The highest BCUT2D eigenvalue weighted by atomic mass is 32.2. The van der Waals surface area contributed by atoms with Crippen molar-refractivity contribution < 1.29 is 13.6 Å². The summed E-state index contributed by atoms with van der Waals surface area (Å²) in [4.78, 5) is 18.2. The molecule has 4 rings (SSSR count). The minimum Gasteiger partial charge on any atom is -0.457 e. The molecule has 1 amide bonds. The van der Waals surface area contributed by atoms with E-state index in [-0.39, 0.29) is 16.9 Å². The highest BCUT2D eigenvalue weighted by molar-refractivity contribution is 8.19. The van der Waals surface area contributed by atoms with E-state index < -0.39 is 0 Å². The number of hydrogen-bond donors (Lipinski definition) is 1. The van der Waals surface area contributed by atoms with E-state index in [0.29, 0.717) is 27.1 Å². The first kappa shape index (κ1) is 15.8. The molecule has 1 fully saturated rings. The minimum atomic E-state index is -0.345. The Balaban J connectivity index is 1.62. The van der Waals surface area contributed by atoms with Crippen molar-refractivity contribution in [3.05, 3.63) is 64.5 Å². The third kappa shape index (κ3) is 3.01. The fraction of sp³-hybridized carbons (Fsp3) is 0. The number of carbonyl (C=O) groups is 1. The number of thiazole rings is 1. The number of rotatable bonds is 3. The molecule has 0 bridgehead atoms. The van der Waals surface area contributed by atoms with Gasteiger partial charge in [-0.2, -0.15) is 0 Å². The van der Waals surface area contributed by atoms with Crippen LogP contribution in [0.25, 0.3) is 17.4 Å². The number of amidine groups is 1. The van der Waals surface area contributed by atoms with Crippen LogP contribution in [-0.2, 0) is 4.79 Å². The van der Waals surface area contributed by atoms with Gasteiger partial charge in [0.15, 0.2) is 10.3 Å². The average Bonchev–Trinajstić information content (AvgIpc) is 3.30. The molecule has 124 valence electrons. The van der Waals surface area contributed by atoms with Gasteiger partial charge < -0.3 is 4.42 Å². The van der Waals surface area contributed by atoms with E-state index in [9.17, 15) is 9.18 Å². The molecule has 2 aromatic heterocycles. The SMILES string of the molecule is N=C1S/C(=C/c2ccc(-c3cccc(F)c3)o2)C(=O)N1c1nccs1. The van der Waals surface area contributed by atoms with Gasteiger partial charge in [-0.05, 0) is 36.0 Å². The van der Waals surface area contributed by atoms with E-state index in [4.69, 9.17) is 9.83 Å². The van der Waals surface area contributed by atoms with Gasteiger partial charge in [0.2, 0.25) is 0 Å². The molecule has 1 aliphatic rings. The van der Waals surface area contributed by atoms with Gasteiger partial charge >= 0.3 is 0 Å². The molecule has 3 aromatic rings. The average molecular weight is 371 g/mol. The molecule has 0 unspecified atom stereocenters. The number of furan rings is 1. The molecule has 5 nitrogen and oxygen atoms in total. The molecule has 0 spiro atoms. The van der Waals surface area contributed by atoms with E-state index >= 15 is 0 Å². The fourth-order valence-electron chi connectivity index (χ4n) is 2.34. The van der Waals surface area contributed by atoms with Crippen molar-refractivity contribution in [3.8, 4) is 11.3 Å². The van der Waals surface area contributed by atoms with Crippen LogP contribution in [-0.4, -0.2) is 16.1 Å². The zero-order valence-electron chi connectivity index (χ0n) is 12.6. The Morgan fingerprint density at radius 1 is 1.28 bits per heavy atom. The lowest BCUT2D eigenvalue weighted by molar-refractivity contribution is -0.113. The highest BCUT2D eigenvalue weighted by Gasteiger charge is 2.35. The maximum Gasteiger partial charge on any atom is 0.273 e. The van der Waals surface area contributed by atoms with Crippen molar-refractivity contribution >= 4 is 45.4 Å². The lowest BCUT2D eigenvalue weighted by atomic mass is 10.2. The molecule has 3 heterocycles. The number of nitrogens with one attached hydrogen (secondary N) is 1. The van der Waals surface area contributed by atoms with Crippen molar-refractivity contribution in [3.63, 3.8) is 0 Å². The summed E-state index contributed by atoms with van der Waals surface area (Å²) in [5.74, 6) is 0.314. The molecule has 1 N–H and O–H groups in total. The molecule has 1 saturated heterocycles. The Kier molecular flexibility index (Phi) is 3.98. The van der Waals surface area contributed by atoms with Crippen molar-refractivity contribution in [1.82, 2.24) is 4.98 Å². The summed E-state index contributed by atoms with van der Waals surface area (Å²) in [6, 6.07) is 9.52. The normalized spacial score (nSPS) is 16.2. The molecule has 8 heteroatoms. The third-order valence-corrected chi connectivity index (χ3v) is 5.09. The van der Waals surface area contributed by atoms with Crippen LogP contribution in [0.4, 0.5) is 9.52 Å². The van der Waals surface area contributed by atoms with Gasteiger partial charge in [-0.3, -0.25) is 10.2 Å². The Labute approximate surface area is 150 Å². The lowest BCUT2D eigenvalue weighted by Gasteiger charge is -2.08. The summed E-state index contributed by atoms with van der Waals surface area (Å²) in [5, 5.41) is 10.3. The first-order valence-corrected chi connectivity index (χ1v) is 8.89. The first-order valence-electron chi connectivity index (χ1n) is 7.19. The van der Waals surface area contributed by atoms with Crippen LogP contribution >= 0.6 is 23.1 Å². The lowest BCUT2D eigenvalue weighted by Crippen LogP contribution is -2.27. The van der Waals surface area contributed by atoms with Gasteiger partial charge in [0.25, 0.3) is 5.91 Å². The van der Waals surface area contributed by atoms with Gasteiger partial charge in [0, 0.05) is 23.2 Å². The quantitative estimate of drug-likeness (QED) is 0.683. The molecule has 0 radical (unpaired) electrons. The van der Waals surface area contributed by atoms with E-state index in [1.807, 2.05) is 0 Å². The summed E-state index contributed by atoms with van der Waals surface area (Å²) < 4.78 is 19.0. The van der Waals surface area contributed by atoms with Crippen LogP contribution in [0.1, 0.15) is 5.76 Å². The summed E-state index contributed by atoms with van der Waals surface area (Å²) in [5.41, 5.74) is 0.618. The van der Waals surface area contributed by atoms with Crippen molar-refractivity contribution in [2.75, 3.05) is 4.90 Å². The second-order valence-electron chi connectivity index (χ2n) is 5.08. The zero-order valence-corrected chi connectivity index (χ0v) is 14.2. The first-order chi connectivity index (χ1) is 12.1. The van der Waals surface area contributed by atoms with Crippen LogP contribution in [0.5, 0.6) is 0 Å². The molecule has 0 saturated carbocycles. The van der Waals surface area contributed by atoms with Crippen molar-refractivity contribution in [2.24, 2.45) is 0 Å². The standard InChI is InChI=1S/C17H10FN3O2S2/c18-11-3-1-2-10(8-11)13-5-4-12(23-13)9-14-15(22)21(16(19)25-14)17-20-6-7-24-17/h1-9,19H/b14-9+,19-16?. The monoisotopic (exact) mass is 371 g/mol. The molecule has 0 aliphatic carbocycles. The van der Waals surface area contributed by atoms with Crippen LogP contribution in [0.2, 0.25) is 0 Å². The van der Waals surface area contributed by atoms with Crippen LogP contribution in [0.15, 0.2) is 57.3 Å². The summed E-state index contributed by atoms with van der Waals surface area (Å²) in [6.07, 6.45) is 3.17. The highest BCUT2D eigenvalue weighted by Crippen LogP contribution is 2.36. The minimum absolute atomic E-state index is 0.100. The molecule has 0 atom stereocenters. The number of thioether (sulfide) groups is 1. The van der Waals surface area contributed by atoms with Gasteiger partial charge in [-0.25, -0.2) is 14.3 Å². The second kappa shape index (κ2) is 6.30. The van der Waals surface area contributed by atoms with Gasteiger partial charge in [-0.1, -0.05) is 12.1 Å². The summed E-state index contributed by atoms with van der Waals surface area (Å²) in [6.45, 7) is 0. The molecule has 1 aromatic carbocycles. The predicted octanol–water partition coefficient (Wildman–Crippen LogP) is 4.60. The van der Waals surface area contributed by atoms with Crippen LogP contribution in [0, 0.1) is 11.2 Å². The number of hydrogen-bond acceptors (Lipinski definition) is 6. The molecule has 1 aliphatic heterocycles. The fourth-order valence-corrected chi connectivity index (χ4v) is 3.87. The predicted molar refractivity (Wildman–Crippen MR) is 97.0 cm³/mol. The van der Waals surface area contributed by atoms with Crippen molar-refractivity contribution in [1.29, 1.82) is 5.41 Å². The van der Waals surface area contributed by atoms with E-state index in [1.165, 1.54) is 28.4 Å². The molecular formula is C17H10FN3O2S2. The number of aromatic nitrogens is 1. The zero-order chi connectivity index (χ0) is 17.4. The number of nitrogens with zero attached hydrogens (tertiary/aromatic N) is 2. The summed E-state index contributed by atoms with van der Waals surface area (Å²) in [7, 11) is 0. The number of amides is 1. The Hall–Kier alpha value is -2.71.